The number of hydrogen-bond donors (Lipinski definition) is 1. The van der Waals surface area contributed by atoms with Crippen molar-refractivity contribution in [3.8, 4) is 11.4 Å². The van der Waals surface area contributed by atoms with Crippen LogP contribution >= 0.6 is 0 Å². The lowest BCUT2D eigenvalue weighted by Crippen LogP contribution is -1.90. The SMILES string of the molecule is C[C@H](O)c1nc(-c2cccc(F)c2)no1. The summed E-state index contributed by atoms with van der Waals surface area (Å²) in [5.74, 6) is 0.0237. The topological polar surface area (TPSA) is 59.2 Å². The Labute approximate surface area is 85.4 Å². The van der Waals surface area contributed by atoms with E-state index in [0.29, 0.717) is 5.56 Å². The Bertz CT molecular complexity index is 468. The van der Waals surface area contributed by atoms with Gasteiger partial charge >= 0.3 is 0 Å². The lowest BCUT2D eigenvalue weighted by atomic mass is 10.2. The average molecular weight is 208 g/mol. The van der Waals surface area contributed by atoms with Gasteiger partial charge in [-0.05, 0) is 19.1 Å². The third-order valence-corrected chi connectivity index (χ3v) is 1.88. The van der Waals surface area contributed by atoms with E-state index in [-0.39, 0.29) is 17.5 Å². The number of aromatic nitrogens is 2. The van der Waals surface area contributed by atoms with Gasteiger partial charge in [0.05, 0.1) is 0 Å². The van der Waals surface area contributed by atoms with Gasteiger partial charge in [-0.3, -0.25) is 0 Å². The Hall–Kier alpha value is -1.75. The summed E-state index contributed by atoms with van der Waals surface area (Å²) in [5.41, 5.74) is 0.519. The molecule has 0 radical (unpaired) electrons. The zero-order valence-corrected chi connectivity index (χ0v) is 8.01. The second-order valence-electron chi connectivity index (χ2n) is 3.14. The van der Waals surface area contributed by atoms with Crippen LogP contribution in [0.4, 0.5) is 4.39 Å². The lowest BCUT2D eigenvalue weighted by molar-refractivity contribution is 0.152. The molecule has 0 fully saturated rings. The molecule has 0 saturated heterocycles. The van der Waals surface area contributed by atoms with Crippen LogP contribution in [0.1, 0.15) is 18.9 Å². The third kappa shape index (κ3) is 2.02. The summed E-state index contributed by atoms with van der Waals surface area (Å²) >= 11 is 0. The number of nitrogens with zero attached hydrogens (tertiary/aromatic N) is 2. The molecule has 0 spiro atoms. The summed E-state index contributed by atoms with van der Waals surface area (Å²) in [6, 6.07) is 5.86. The first-order valence-corrected chi connectivity index (χ1v) is 4.44. The fourth-order valence-electron chi connectivity index (χ4n) is 1.15. The van der Waals surface area contributed by atoms with Gasteiger partial charge in [-0.1, -0.05) is 17.3 Å². The van der Waals surface area contributed by atoms with E-state index >= 15 is 0 Å². The maximum absolute atomic E-state index is 12.9. The fourth-order valence-corrected chi connectivity index (χ4v) is 1.15. The van der Waals surface area contributed by atoms with Gasteiger partial charge in [0, 0.05) is 5.56 Å². The molecule has 1 aromatic heterocycles. The number of aliphatic hydroxyl groups is 1. The van der Waals surface area contributed by atoms with E-state index in [1.807, 2.05) is 0 Å². The molecule has 78 valence electrons. The van der Waals surface area contributed by atoms with Gasteiger partial charge in [0.25, 0.3) is 5.89 Å². The van der Waals surface area contributed by atoms with Gasteiger partial charge in [-0.25, -0.2) is 4.39 Å². The van der Waals surface area contributed by atoms with Gasteiger partial charge in [-0.15, -0.1) is 0 Å². The number of hydrogen-bond acceptors (Lipinski definition) is 4. The van der Waals surface area contributed by atoms with Crippen LogP contribution < -0.4 is 0 Å². The van der Waals surface area contributed by atoms with E-state index < -0.39 is 6.10 Å². The second-order valence-corrected chi connectivity index (χ2v) is 3.14. The maximum Gasteiger partial charge on any atom is 0.255 e. The van der Waals surface area contributed by atoms with Crippen molar-refractivity contribution in [1.82, 2.24) is 10.1 Å². The molecule has 1 heterocycles. The number of rotatable bonds is 2. The van der Waals surface area contributed by atoms with E-state index in [1.54, 1.807) is 12.1 Å². The maximum atomic E-state index is 12.9. The second kappa shape index (κ2) is 3.78. The van der Waals surface area contributed by atoms with Crippen LogP contribution in [0.3, 0.4) is 0 Å². The normalized spacial score (nSPS) is 12.7. The Kier molecular flexibility index (Phi) is 2.47. The van der Waals surface area contributed by atoms with Crippen molar-refractivity contribution in [3.63, 3.8) is 0 Å². The van der Waals surface area contributed by atoms with Crippen molar-refractivity contribution < 1.29 is 14.0 Å². The first-order valence-electron chi connectivity index (χ1n) is 4.44. The van der Waals surface area contributed by atoms with Crippen molar-refractivity contribution in [2.24, 2.45) is 0 Å². The summed E-state index contributed by atoms with van der Waals surface area (Å²) in [6.07, 6.45) is -0.820. The third-order valence-electron chi connectivity index (χ3n) is 1.88. The molecule has 0 aliphatic carbocycles. The summed E-state index contributed by atoms with van der Waals surface area (Å²) in [4.78, 5) is 3.93. The molecular formula is C10H9FN2O2. The predicted molar refractivity (Wildman–Crippen MR) is 50.3 cm³/mol. The zero-order chi connectivity index (χ0) is 10.8. The molecule has 0 amide bonds. The minimum absolute atomic E-state index is 0.120. The molecule has 0 bridgehead atoms. The average Bonchev–Trinajstić information content (AvgIpc) is 2.66. The fraction of sp³-hybridized carbons (Fsp3) is 0.200. The molecule has 2 aromatic rings. The molecule has 4 nitrogen and oxygen atoms in total. The summed E-state index contributed by atoms with van der Waals surface area (Å²) < 4.78 is 17.7. The van der Waals surface area contributed by atoms with Crippen molar-refractivity contribution in [3.05, 3.63) is 36.0 Å². The smallest absolute Gasteiger partial charge is 0.255 e. The van der Waals surface area contributed by atoms with Crippen LogP contribution in [0.5, 0.6) is 0 Å². The van der Waals surface area contributed by atoms with Crippen LogP contribution in [0.25, 0.3) is 11.4 Å². The minimum atomic E-state index is -0.820. The first-order chi connectivity index (χ1) is 7.16. The molecule has 15 heavy (non-hydrogen) atoms. The molecular weight excluding hydrogens is 199 g/mol. The van der Waals surface area contributed by atoms with Gasteiger partial charge < -0.3 is 9.63 Å². The molecule has 0 unspecified atom stereocenters. The highest BCUT2D eigenvalue weighted by molar-refractivity contribution is 5.53. The van der Waals surface area contributed by atoms with Crippen molar-refractivity contribution in [2.45, 2.75) is 13.0 Å². The predicted octanol–water partition coefficient (Wildman–Crippen LogP) is 1.93. The molecule has 1 N–H and O–H groups in total. The quantitative estimate of drug-likeness (QED) is 0.819. The van der Waals surface area contributed by atoms with E-state index in [2.05, 4.69) is 10.1 Å². The van der Waals surface area contributed by atoms with Crippen LogP contribution in [0.15, 0.2) is 28.8 Å². The van der Waals surface area contributed by atoms with E-state index in [1.165, 1.54) is 19.1 Å². The molecule has 1 aromatic carbocycles. The molecule has 5 heteroatoms. The standard InChI is InChI=1S/C10H9FN2O2/c1-6(14)10-12-9(13-15-10)7-3-2-4-8(11)5-7/h2-6,14H,1H3/t6-/m0/s1. The highest BCUT2D eigenvalue weighted by atomic mass is 19.1. The van der Waals surface area contributed by atoms with Gasteiger partial charge in [0.1, 0.15) is 11.9 Å². The monoisotopic (exact) mass is 208 g/mol. The van der Waals surface area contributed by atoms with Crippen molar-refractivity contribution in [2.75, 3.05) is 0 Å². The van der Waals surface area contributed by atoms with E-state index in [0.717, 1.165) is 0 Å². The van der Waals surface area contributed by atoms with Gasteiger partial charge in [-0.2, -0.15) is 4.98 Å². The van der Waals surface area contributed by atoms with Crippen LogP contribution in [-0.4, -0.2) is 15.2 Å². The molecule has 2 rings (SSSR count). The number of halogens is 1. The van der Waals surface area contributed by atoms with Crippen LogP contribution in [-0.2, 0) is 0 Å². The Balaban J connectivity index is 2.37. The Morgan fingerprint density at radius 3 is 2.87 bits per heavy atom. The lowest BCUT2D eigenvalue weighted by Gasteiger charge is -1.94. The van der Waals surface area contributed by atoms with E-state index in [4.69, 9.17) is 9.63 Å². The van der Waals surface area contributed by atoms with Crippen LogP contribution in [0.2, 0.25) is 0 Å². The van der Waals surface area contributed by atoms with Gasteiger partial charge in [0.2, 0.25) is 5.82 Å². The summed E-state index contributed by atoms with van der Waals surface area (Å²) in [7, 11) is 0. The largest absolute Gasteiger partial charge is 0.384 e. The summed E-state index contributed by atoms with van der Waals surface area (Å²) in [5, 5.41) is 12.8. The van der Waals surface area contributed by atoms with Crippen molar-refractivity contribution >= 4 is 0 Å². The number of aliphatic hydroxyl groups excluding tert-OH is 1. The molecule has 0 aliphatic rings. The highest BCUT2D eigenvalue weighted by Crippen LogP contribution is 2.18. The first kappa shape index (κ1) is 9.79. The Morgan fingerprint density at radius 2 is 2.27 bits per heavy atom. The van der Waals surface area contributed by atoms with Crippen molar-refractivity contribution in [1.29, 1.82) is 0 Å². The minimum Gasteiger partial charge on any atom is -0.384 e. The van der Waals surface area contributed by atoms with E-state index in [9.17, 15) is 4.39 Å². The van der Waals surface area contributed by atoms with Gasteiger partial charge in [0.15, 0.2) is 0 Å². The summed E-state index contributed by atoms with van der Waals surface area (Å²) in [6.45, 7) is 1.52. The Morgan fingerprint density at radius 1 is 1.47 bits per heavy atom. The molecule has 0 saturated carbocycles. The van der Waals surface area contributed by atoms with Crippen LogP contribution in [0, 0.1) is 5.82 Å². The zero-order valence-electron chi connectivity index (χ0n) is 8.01. The number of benzene rings is 1. The molecule has 1 atom stereocenters. The highest BCUT2D eigenvalue weighted by Gasteiger charge is 2.12. The molecule has 0 aliphatic heterocycles.